The molecule has 0 atom stereocenters. The van der Waals surface area contributed by atoms with E-state index in [-0.39, 0.29) is 0 Å². The van der Waals surface area contributed by atoms with Gasteiger partial charge in [-0.25, -0.2) is 0 Å². The number of methoxy groups -OCH3 is 1. The van der Waals surface area contributed by atoms with E-state index in [2.05, 4.69) is 10.2 Å². The third-order valence-corrected chi connectivity index (χ3v) is 3.06. The highest BCUT2D eigenvalue weighted by atomic mass is 32.1. The van der Waals surface area contributed by atoms with Crippen LogP contribution in [0.25, 0.3) is 0 Å². The molecule has 0 aliphatic rings. The van der Waals surface area contributed by atoms with E-state index in [0.717, 1.165) is 22.0 Å². The first-order chi connectivity index (χ1) is 7.69. The molecule has 1 aromatic heterocycles. The van der Waals surface area contributed by atoms with Crippen LogP contribution in [0.1, 0.15) is 15.6 Å². The Kier molecular flexibility index (Phi) is 3.05. The Morgan fingerprint density at radius 2 is 2.19 bits per heavy atom. The maximum atomic E-state index is 5.83. The minimum Gasteiger partial charge on any atom is -0.495 e. The predicted molar refractivity (Wildman–Crippen MR) is 64.9 cm³/mol. The summed E-state index contributed by atoms with van der Waals surface area (Å²) in [5.74, 6) is 0.706. The molecular weight excluding hydrogens is 222 g/mol. The molecule has 1 heterocycles. The van der Waals surface area contributed by atoms with Crippen LogP contribution in [0.4, 0.5) is 5.69 Å². The van der Waals surface area contributed by atoms with Gasteiger partial charge in [0, 0.05) is 6.42 Å². The highest BCUT2D eigenvalue weighted by Gasteiger charge is 2.05. The quantitative estimate of drug-likeness (QED) is 0.827. The van der Waals surface area contributed by atoms with Gasteiger partial charge in [-0.05, 0) is 24.6 Å². The number of nitrogen functional groups attached to an aromatic ring is 1. The first-order valence-electron chi connectivity index (χ1n) is 4.90. The second kappa shape index (κ2) is 4.49. The van der Waals surface area contributed by atoms with Crippen LogP contribution in [-0.4, -0.2) is 17.3 Å². The van der Waals surface area contributed by atoms with Crippen molar-refractivity contribution in [2.75, 3.05) is 12.8 Å². The van der Waals surface area contributed by atoms with E-state index >= 15 is 0 Å². The molecule has 0 saturated heterocycles. The highest BCUT2D eigenvalue weighted by Crippen LogP contribution is 2.23. The van der Waals surface area contributed by atoms with Gasteiger partial charge < -0.3 is 10.5 Å². The van der Waals surface area contributed by atoms with Crippen LogP contribution in [-0.2, 0) is 6.42 Å². The van der Waals surface area contributed by atoms with Gasteiger partial charge in [-0.2, -0.15) is 0 Å². The SMILES string of the molecule is COc1ccc(Cc2nnc(C)s2)cc1N. The second-order valence-electron chi connectivity index (χ2n) is 3.47. The van der Waals surface area contributed by atoms with Gasteiger partial charge in [-0.15, -0.1) is 21.5 Å². The van der Waals surface area contributed by atoms with E-state index in [4.69, 9.17) is 10.5 Å². The molecule has 0 aliphatic carbocycles. The van der Waals surface area contributed by atoms with E-state index in [1.165, 1.54) is 0 Å². The van der Waals surface area contributed by atoms with Crippen molar-refractivity contribution in [2.45, 2.75) is 13.3 Å². The van der Waals surface area contributed by atoms with Crippen molar-refractivity contribution in [3.63, 3.8) is 0 Å². The molecule has 2 rings (SSSR count). The summed E-state index contributed by atoms with van der Waals surface area (Å²) in [4.78, 5) is 0. The van der Waals surface area contributed by atoms with E-state index in [0.29, 0.717) is 11.4 Å². The molecule has 0 saturated carbocycles. The Hall–Kier alpha value is -1.62. The van der Waals surface area contributed by atoms with Crippen molar-refractivity contribution < 1.29 is 4.74 Å². The molecule has 0 fully saturated rings. The molecule has 84 valence electrons. The predicted octanol–water partition coefficient (Wildman–Crippen LogP) is 2.03. The number of nitrogens with zero attached hydrogens (tertiary/aromatic N) is 2. The fraction of sp³-hybridized carbons (Fsp3) is 0.273. The summed E-state index contributed by atoms with van der Waals surface area (Å²) in [5.41, 5.74) is 7.61. The summed E-state index contributed by atoms with van der Waals surface area (Å²) >= 11 is 1.60. The fourth-order valence-electron chi connectivity index (χ4n) is 1.48. The summed E-state index contributed by atoms with van der Waals surface area (Å²) in [6.45, 7) is 1.95. The topological polar surface area (TPSA) is 61.0 Å². The monoisotopic (exact) mass is 235 g/mol. The van der Waals surface area contributed by atoms with Crippen LogP contribution in [0.15, 0.2) is 18.2 Å². The number of hydrogen-bond donors (Lipinski definition) is 1. The minimum absolute atomic E-state index is 0.654. The molecule has 2 N–H and O–H groups in total. The molecular formula is C11H13N3OS. The Morgan fingerprint density at radius 3 is 2.75 bits per heavy atom. The molecule has 0 unspecified atom stereocenters. The Balaban J connectivity index is 2.19. The fourth-order valence-corrected chi connectivity index (χ4v) is 2.22. The molecule has 0 aliphatic heterocycles. The third kappa shape index (κ3) is 2.30. The van der Waals surface area contributed by atoms with Crippen LogP contribution >= 0.6 is 11.3 Å². The number of hydrogen-bond acceptors (Lipinski definition) is 5. The van der Waals surface area contributed by atoms with Crippen molar-refractivity contribution in [1.29, 1.82) is 0 Å². The summed E-state index contributed by atoms with van der Waals surface area (Å²) in [7, 11) is 1.61. The van der Waals surface area contributed by atoms with Gasteiger partial charge in [0.2, 0.25) is 0 Å². The summed E-state index contributed by atoms with van der Waals surface area (Å²) in [6, 6.07) is 5.78. The van der Waals surface area contributed by atoms with E-state index in [1.54, 1.807) is 18.4 Å². The van der Waals surface area contributed by atoms with Crippen LogP contribution in [0.2, 0.25) is 0 Å². The number of ether oxygens (including phenoxy) is 1. The number of benzene rings is 1. The zero-order valence-corrected chi connectivity index (χ0v) is 10.0. The molecule has 0 amide bonds. The highest BCUT2D eigenvalue weighted by molar-refractivity contribution is 7.11. The normalized spacial score (nSPS) is 10.4. The van der Waals surface area contributed by atoms with Crippen molar-refractivity contribution in [2.24, 2.45) is 0 Å². The van der Waals surface area contributed by atoms with Gasteiger partial charge >= 0.3 is 0 Å². The lowest BCUT2D eigenvalue weighted by atomic mass is 10.1. The summed E-state index contributed by atoms with van der Waals surface area (Å²) < 4.78 is 5.10. The smallest absolute Gasteiger partial charge is 0.141 e. The zero-order chi connectivity index (χ0) is 11.5. The van der Waals surface area contributed by atoms with Crippen molar-refractivity contribution in [1.82, 2.24) is 10.2 Å². The van der Waals surface area contributed by atoms with Crippen molar-refractivity contribution in [3.05, 3.63) is 33.8 Å². The van der Waals surface area contributed by atoms with Gasteiger partial charge in [-0.3, -0.25) is 0 Å². The lowest BCUT2D eigenvalue weighted by molar-refractivity contribution is 0.417. The van der Waals surface area contributed by atoms with E-state index in [1.807, 2.05) is 25.1 Å². The average Bonchev–Trinajstić information content (AvgIpc) is 2.64. The Bertz CT molecular complexity index is 496. The molecule has 0 bridgehead atoms. The Labute approximate surface area is 98.1 Å². The largest absolute Gasteiger partial charge is 0.495 e. The average molecular weight is 235 g/mol. The minimum atomic E-state index is 0.654. The lowest BCUT2D eigenvalue weighted by Crippen LogP contribution is -1.95. The molecule has 1 aromatic carbocycles. The molecule has 2 aromatic rings. The zero-order valence-electron chi connectivity index (χ0n) is 9.23. The Morgan fingerprint density at radius 1 is 1.38 bits per heavy atom. The standard InChI is InChI=1S/C11H13N3OS/c1-7-13-14-11(16-7)6-8-3-4-10(15-2)9(12)5-8/h3-5H,6,12H2,1-2H3. The number of aryl methyl sites for hydroxylation is 1. The van der Waals surface area contributed by atoms with Gasteiger partial charge in [0.25, 0.3) is 0 Å². The summed E-state index contributed by atoms with van der Waals surface area (Å²) in [6.07, 6.45) is 0.764. The van der Waals surface area contributed by atoms with Crippen molar-refractivity contribution in [3.8, 4) is 5.75 Å². The third-order valence-electron chi connectivity index (χ3n) is 2.22. The van der Waals surface area contributed by atoms with E-state index < -0.39 is 0 Å². The maximum absolute atomic E-state index is 5.83. The van der Waals surface area contributed by atoms with Crippen LogP contribution in [0.5, 0.6) is 5.75 Å². The number of rotatable bonds is 3. The number of anilines is 1. The molecule has 0 radical (unpaired) electrons. The molecule has 4 nitrogen and oxygen atoms in total. The van der Waals surface area contributed by atoms with Gasteiger partial charge in [0.1, 0.15) is 15.8 Å². The van der Waals surface area contributed by atoms with Gasteiger partial charge in [-0.1, -0.05) is 6.07 Å². The number of aromatic nitrogens is 2. The molecule has 16 heavy (non-hydrogen) atoms. The first-order valence-corrected chi connectivity index (χ1v) is 5.72. The maximum Gasteiger partial charge on any atom is 0.141 e. The van der Waals surface area contributed by atoms with Gasteiger partial charge in [0.15, 0.2) is 0 Å². The van der Waals surface area contributed by atoms with Crippen LogP contribution < -0.4 is 10.5 Å². The first kappa shape index (κ1) is 10.9. The van der Waals surface area contributed by atoms with Crippen molar-refractivity contribution >= 4 is 17.0 Å². The number of nitrogens with two attached hydrogens (primary N) is 1. The summed E-state index contributed by atoms with van der Waals surface area (Å²) in [5, 5.41) is 10.0. The lowest BCUT2D eigenvalue weighted by Gasteiger charge is -2.05. The molecule has 0 spiro atoms. The van der Waals surface area contributed by atoms with Crippen LogP contribution in [0.3, 0.4) is 0 Å². The molecule has 5 heteroatoms. The van der Waals surface area contributed by atoms with Crippen LogP contribution in [0, 0.1) is 6.92 Å². The van der Waals surface area contributed by atoms with E-state index in [9.17, 15) is 0 Å². The second-order valence-corrected chi connectivity index (χ2v) is 4.73. The van der Waals surface area contributed by atoms with Gasteiger partial charge in [0.05, 0.1) is 12.8 Å².